The highest BCUT2D eigenvalue weighted by atomic mass is 16.3. The van der Waals surface area contributed by atoms with Gasteiger partial charge in [0.15, 0.2) is 0 Å². The third kappa shape index (κ3) is 5.53. The highest BCUT2D eigenvalue weighted by Crippen LogP contribution is 2.18. The molecule has 4 rings (SSSR count). The maximum absolute atomic E-state index is 12.5. The number of aliphatic hydroxyl groups excluding tert-OH is 1. The molecule has 1 saturated heterocycles. The second kappa shape index (κ2) is 9.97. The third-order valence-corrected chi connectivity index (χ3v) is 5.73. The highest BCUT2D eigenvalue weighted by molar-refractivity contribution is 5.92. The van der Waals surface area contributed by atoms with Gasteiger partial charge in [0, 0.05) is 44.8 Å². The molecule has 8 heteroatoms. The Kier molecular flexibility index (Phi) is 6.88. The van der Waals surface area contributed by atoms with Gasteiger partial charge in [-0.05, 0) is 36.9 Å². The quantitative estimate of drug-likeness (QED) is 0.535. The van der Waals surface area contributed by atoms with Crippen molar-refractivity contribution < 1.29 is 9.90 Å². The lowest BCUT2D eigenvalue weighted by Gasteiger charge is -2.30. The van der Waals surface area contributed by atoms with Crippen molar-refractivity contribution in [2.24, 2.45) is 0 Å². The normalized spacial score (nSPS) is 20.2. The van der Waals surface area contributed by atoms with Crippen molar-refractivity contribution in [3.8, 4) is 0 Å². The summed E-state index contributed by atoms with van der Waals surface area (Å²) in [6.07, 6.45) is 3.95. The van der Waals surface area contributed by atoms with E-state index in [9.17, 15) is 9.90 Å². The second-order valence-corrected chi connectivity index (χ2v) is 8.09. The number of carbonyl (C=O) groups is 1. The molecular formula is C22H30N6O2. The molecule has 1 aromatic heterocycles. The van der Waals surface area contributed by atoms with Gasteiger partial charge in [-0.15, -0.1) is 0 Å². The molecule has 0 spiro atoms. The minimum Gasteiger partial charge on any atom is -0.390 e. The minimum absolute atomic E-state index is 0.191. The van der Waals surface area contributed by atoms with Crippen LogP contribution in [0, 0.1) is 0 Å². The maximum atomic E-state index is 12.5. The van der Waals surface area contributed by atoms with Crippen LogP contribution in [-0.4, -0.2) is 70.8 Å². The van der Waals surface area contributed by atoms with Gasteiger partial charge in [0.1, 0.15) is 17.8 Å². The number of fused-ring (bicyclic) bond motifs is 1. The zero-order valence-corrected chi connectivity index (χ0v) is 17.2. The number of hydrogen-bond donors (Lipinski definition) is 4. The molecule has 4 N–H and O–H groups in total. The first-order chi connectivity index (χ1) is 14.7. The molecule has 2 atom stereocenters. The van der Waals surface area contributed by atoms with Gasteiger partial charge in [0.05, 0.1) is 6.10 Å². The average Bonchev–Trinajstić information content (AvgIpc) is 2.78. The number of benzene rings is 1. The molecule has 8 nitrogen and oxygen atoms in total. The van der Waals surface area contributed by atoms with Crippen LogP contribution in [0.4, 0.5) is 5.82 Å². The largest absolute Gasteiger partial charge is 0.390 e. The van der Waals surface area contributed by atoms with Crippen LogP contribution in [0.1, 0.15) is 34.5 Å². The number of hydrogen-bond acceptors (Lipinski definition) is 7. The number of amides is 1. The van der Waals surface area contributed by atoms with Gasteiger partial charge >= 0.3 is 0 Å². The molecule has 2 aliphatic rings. The molecule has 0 bridgehead atoms. The van der Waals surface area contributed by atoms with E-state index >= 15 is 0 Å². The molecular weight excluding hydrogens is 380 g/mol. The fourth-order valence-corrected chi connectivity index (χ4v) is 4.12. The number of piperidine rings is 1. The van der Waals surface area contributed by atoms with Gasteiger partial charge in [-0.1, -0.05) is 24.3 Å². The lowest BCUT2D eigenvalue weighted by Crippen LogP contribution is -2.42. The van der Waals surface area contributed by atoms with Crippen molar-refractivity contribution in [3.05, 3.63) is 53.5 Å². The van der Waals surface area contributed by atoms with Crippen LogP contribution in [0.5, 0.6) is 0 Å². The van der Waals surface area contributed by atoms with Crippen molar-refractivity contribution in [2.75, 3.05) is 38.0 Å². The summed E-state index contributed by atoms with van der Waals surface area (Å²) < 4.78 is 0. The van der Waals surface area contributed by atoms with Crippen LogP contribution in [0.2, 0.25) is 0 Å². The summed E-state index contributed by atoms with van der Waals surface area (Å²) in [5.41, 5.74) is 3.00. The van der Waals surface area contributed by atoms with Crippen LogP contribution in [0.25, 0.3) is 0 Å². The Balaban J connectivity index is 1.24. The van der Waals surface area contributed by atoms with Gasteiger partial charge in [0.25, 0.3) is 5.91 Å². The van der Waals surface area contributed by atoms with Crippen molar-refractivity contribution in [3.63, 3.8) is 0 Å². The number of rotatable bonds is 7. The topological polar surface area (TPSA) is 102 Å². The lowest BCUT2D eigenvalue weighted by molar-refractivity contribution is 0.0838. The smallest absolute Gasteiger partial charge is 0.270 e. The average molecular weight is 411 g/mol. The van der Waals surface area contributed by atoms with Crippen molar-refractivity contribution in [2.45, 2.75) is 38.0 Å². The molecule has 1 aromatic carbocycles. The van der Waals surface area contributed by atoms with Gasteiger partial charge in [-0.3, -0.25) is 9.69 Å². The van der Waals surface area contributed by atoms with Gasteiger partial charge in [0.2, 0.25) is 0 Å². The van der Waals surface area contributed by atoms with E-state index in [0.717, 1.165) is 45.4 Å². The molecule has 160 valence electrons. The number of nitrogens with one attached hydrogen (secondary N) is 3. The van der Waals surface area contributed by atoms with Crippen LogP contribution in [-0.2, 0) is 13.0 Å². The fraction of sp³-hybridized carbons (Fsp3) is 0.500. The van der Waals surface area contributed by atoms with E-state index in [1.54, 1.807) is 6.07 Å². The molecule has 2 aromatic rings. The lowest BCUT2D eigenvalue weighted by atomic mass is 10.00. The standard InChI is InChI=1S/C22H30N6O2/c29-19(14-28-9-7-16-4-1-2-5-17(16)13-28)12-24-22(30)20-10-21(26-15-25-20)27-18-6-3-8-23-11-18/h1-2,4-5,10,15,18-19,23,29H,3,6-9,11-14H2,(H,24,30)(H,25,26,27)/t18?,19-/m0/s1. The van der Waals surface area contributed by atoms with E-state index in [-0.39, 0.29) is 12.5 Å². The van der Waals surface area contributed by atoms with Gasteiger partial charge in [-0.25, -0.2) is 9.97 Å². The summed E-state index contributed by atoms with van der Waals surface area (Å²) in [4.78, 5) is 23.0. The van der Waals surface area contributed by atoms with E-state index in [0.29, 0.717) is 24.1 Å². The minimum atomic E-state index is -0.632. The summed E-state index contributed by atoms with van der Waals surface area (Å²) in [5, 5.41) is 19.9. The van der Waals surface area contributed by atoms with E-state index in [4.69, 9.17) is 0 Å². The monoisotopic (exact) mass is 410 g/mol. The first-order valence-corrected chi connectivity index (χ1v) is 10.7. The summed E-state index contributed by atoms with van der Waals surface area (Å²) in [6, 6.07) is 10.4. The van der Waals surface area contributed by atoms with Crippen molar-refractivity contribution in [1.29, 1.82) is 0 Å². The number of β-amino-alcohol motifs (C(OH)–C–C–N with tert-alkyl or cyclic N) is 1. The third-order valence-electron chi connectivity index (χ3n) is 5.73. The summed E-state index contributed by atoms with van der Waals surface area (Å²) in [6.45, 7) is 4.40. The highest BCUT2D eigenvalue weighted by Gasteiger charge is 2.19. The SMILES string of the molecule is O=C(NC[C@H](O)CN1CCc2ccccc2C1)c1cc(NC2CCCNC2)ncn1. The predicted octanol–water partition coefficient (Wildman–Crippen LogP) is 0.789. The molecule has 1 fully saturated rings. The maximum Gasteiger partial charge on any atom is 0.270 e. The Morgan fingerprint density at radius 3 is 3.00 bits per heavy atom. The Morgan fingerprint density at radius 2 is 2.17 bits per heavy atom. The first-order valence-electron chi connectivity index (χ1n) is 10.7. The zero-order valence-electron chi connectivity index (χ0n) is 17.2. The Bertz CT molecular complexity index is 855. The molecule has 2 aliphatic heterocycles. The molecule has 0 radical (unpaired) electrons. The van der Waals surface area contributed by atoms with E-state index in [2.05, 4.69) is 55.1 Å². The summed E-state index contributed by atoms with van der Waals surface area (Å²) in [5.74, 6) is 0.349. The second-order valence-electron chi connectivity index (χ2n) is 8.09. The molecule has 1 unspecified atom stereocenters. The first kappa shape index (κ1) is 20.7. The van der Waals surface area contributed by atoms with Crippen molar-refractivity contribution >= 4 is 11.7 Å². The van der Waals surface area contributed by atoms with E-state index in [1.807, 2.05) is 0 Å². The number of aliphatic hydroxyl groups is 1. The van der Waals surface area contributed by atoms with Gasteiger partial charge in [-0.2, -0.15) is 0 Å². The van der Waals surface area contributed by atoms with Crippen LogP contribution >= 0.6 is 0 Å². The van der Waals surface area contributed by atoms with Gasteiger partial charge < -0.3 is 21.1 Å². The molecule has 1 amide bonds. The number of nitrogens with zero attached hydrogens (tertiary/aromatic N) is 3. The number of carbonyl (C=O) groups excluding carboxylic acids is 1. The molecule has 0 aliphatic carbocycles. The van der Waals surface area contributed by atoms with Crippen molar-refractivity contribution in [1.82, 2.24) is 25.5 Å². The predicted molar refractivity (Wildman–Crippen MR) is 115 cm³/mol. The Morgan fingerprint density at radius 1 is 1.30 bits per heavy atom. The van der Waals surface area contributed by atoms with E-state index < -0.39 is 6.10 Å². The summed E-state index contributed by atoms with van der Waals surface area (Å²) in [7, 11) is 0. The molecule has 3 heterocycles. The van der Waals surface area contributed by atoms with Crippen LogP contribution in [0.3, 0.4) is 0 Å². The zero-order chi connectivity index (χ0) is 20.8. The fourth-order valence-electron chi connectivity index (χ4n) is 4.12. The van der Waals surface area contributed by atoms with Crippen LogP contribution < -0.4 is 16.0 Å². The van der Waals surface area contributed by atoms with E-state index in [1.165, 1.54) is 17.5 Å². The summed E-state index contributed by atoms with van der Waals surface area (Å²) >= 11 is 0. The molecule has 30 heavy (non-hydrogen) atoms. The number of anilines is 1. The number of aromatic nitrogens is 2. The Labute approximate surface area is 177 Å². The molecule has 0 saturated carbocycles. The van der Waals surface area contributed by atoms with Crippen LogP contribution in [0.15, 0.2) is 36.7 Å². The Hall–Kier alpha value is -2.55.